The lowest BCUT2D eigenvalue weighted by atomic mass is 10.3. The fourth-order valence-corrected chi connectivity index (χ4v) is 2.37. The molecular weight excluding hydrogens is 240 g/mol. The molecule has 0 aliphatic carbocycles. The molecule has 1 aromatic carbocycles. The molecule has 92 valence electrons. The van der Waals surface area contributed by atoms with Gasteiger partial charge in [-0.2, -0.15) is 0 Å². The van der Waals surface area contributed by atoms with Crippen molar-refractivity contribution in [2.24, 2.45) is 0 Å². The number of oxazole rings is 1. The molecule has 17 heavy (non-hydrogen) atoms. The highest BCUT2D eigenvalue weighted by Crippen LogP contribution is 2.32. The molecule has 4 N–H and O–H groups in total. The Hall–Kier alpha value is -1.40. The smallest absolute Gasteiger partial charge is 0.408 e. The van der Waals surface area contributed by atoms with E-state index in [2.05, 4.69) is 4.98 Å². The molecular formula is C11H14N2O3S. The van der Waals surface area contributed by atoms with Crippen LogP contribution in [-0.4, -0.2) is 21.4 Å². The molecule has 0 fully saturated rings. The number of H-pyrrole nitrogens is 1. The largest absolute Gasteiger partial charge is 0.417 e. The van der Waals surface area contributed by atoms with Crippen LogP contribution in [0.1, 0.15) is 13.8 Å². The number of benzene rings is 1. The van der Waals surface area contributed by atoms with E-state index in [4.69, 9.17) is 10.2 Å². The van der Waals surface area contributed by atoms with Gasteiger partial charge in [-0.3, -0.25) is 4.98 Å². The van der Waals surface area contributed by atoms with E-state index in [1.54, 1.807) is 19.1 Å². The summed E-state index contributed by atoms with van der Waals surface area (Å²) >= 11 is 1.46. The standard InChI is InChI=1S/C11H14N2O3S/c1-5(14)6(2)17-10-4-8-9(3-7(10)12)16-11(15)13-8/h3-6,14H,12H2,1-2H3,(H,13,15). The summed E-state index contributed by atoms with van der Waals surface area (Å²) in [5.74, 6) is -0.495. The number of aromatic amines is 1. The summed E-state index contributed by atoms with van der Waals surface area (Å²) in [5.41, 5.74) is 7.47. The predicted molar refractivity (Wildman–Crippen MR) is 68.2 cm³/mol. The first-order valence-electron chi connectivity index (χ1n) is 5.24. The summed E-state index contributed by atoms with van der Waals surface area (Å²) < 4.78 is 4.91. The van der Waals surface area contributed by atoms with Crippen molar-refractivity contribution in [2.75, 3.05) is 5.73 Å². The van der Waals surface area contributed by atoms with E-state index in [-0.39, 0.29) is 5.25 Å². The van der Waals surface area contributed by atoms with Crippen LogP contribution in [0.4, 0.5) is 5.69 Å². The van der Waals surface area contributed by atoms with Crippen molar-refractivity contribution < 1.29 is 9.52 Å². The maximum atomic E-state index is 11.0. The van der Waals surface area contributed by atoms with Gasteiger partial charge in [-0.1, -0.05) is 6.92 Å². The van der Waals surface area contributed by atoms with E-state index in [0.717, 1.165) is 4.90 Å². The van der Waals surface area contributed by atoms with Gasteiger partial charge >= 0.3 is 5.76 Å². The number of aromatic nitrogens is 1. The van der Waals surface area contributed by atoms with Crippen molar-refractivity contribution in [3.63, 3.8) is 0 Å². The zero-order valence-electron chi connectivity index (χ0n) is 9.56. The second-order valence-corrected chi connectivity index (χ2v) is 5.38. The van der Waals surface area contributed by atoms with Crippen LogP contribution in [0.3, 0.4) is 0 Å². The van der Waals surface area contributed by atoms with E-state index in [1.807, 2.05) is 6.92 Å². The summed E-state index contributed by atoms with van der Waals surface area (Å²) in [6.07, 6.45) is -0.432. The third-order valence-corrected chi connectivity index (χ3v) is 3.92. The molecule has 1 aromatic heterocycles. The molecule has 2 unspecified atom stereocenters. The van der Waals surface area contributed by atoms with Crippen molar-refractivity contribution in [2.45, 2.75) is 30.1 Å². The van der Waals surface area contributed by atoms with Crippen molar-refractivity contribution in [1.29, 1.82) is 0 Å². The molecule has 2 aromatic rings. The van der Waals surface area contributed by atoms with Crippen LogP contribution in [0, 0.1) is 0 Å². The van der Waals surface area contributed by atoms with Gasteiger partial charge in [0.1, 0.15) is 0 Å². The number of nitrogen functional groups attached to an aromatic ring is 1. The topological polar surface area (TPSA) is 92.2 Å². The van der Waals surface area contributed by atoms with Gasteiger partial charge in [0.05, 0.1) is 11.6 Å². The molecule has 1 heterocycles. The Morgan fingerprint density at radius 2 is 2.18 bits per heavy atom. The number of hydrogen-bond donors (Lipinski definition) is 3. The quantitative estimate of drug-likeness (QED) is 0.571. The maximum Gasteiger partial charge on any atom is 0.417 e. The van der Waals surface area contributed by atoms with Crippen molar-refractivity contribution in [3.8, 4) is 0 Å². The van der Waals surface area contributed by atoms with Gasteiger partial charge < -0.3 is 15.3 Å². The Kier molecular flexibility index (Phi) is 3.17. The van der Waals surface area contributed by atoms with Crippen molar-refractivity contribution in [1.82, 2.24) is 4.98 Å². The highest BCUT2D eigenvalue weighted by atomic mass is 32.2. The van der Waals surface area contributed by atoms with Crippen LogP contribution in [0.5, 0.6) is 0 Å². The van der Waals surface area contributed by atoms with E-state index >= 15 is 0 Å². The molecule has 0 radical (unpaired) electrons. The molecule has 5 nitrogen and oxygen atoms in total. The molecule has 0 spiro atoms. The van der Waals surface area contributed by atoms with Crippen LogP contribution in [0.25, 0.3) is 11.1 Å². The van der Waals surface area contributed by atoms with E-state index < -0.39 is 11.9 Å². The van der Waals surface area contributed by atoms with Crippen LogP contribution < -0.4 is 11.5 Å². The lowest BCUT2D eigenvalue weighted by Gasteiger charge is -2.15. The number of anilines is 1. The molecule has 2 atom stereocenters. The van der Waals surface area contributed by atoms with Crippen LogP contribution in [0.2, 0.25) is 0 Å². The van der Waals surface area contributed by atoms with Gasteiger partial charge in [-0.25, -0.2) is 4.79 Å². The second-order valence-electron chi connectivity index (χ2n) is 3.96. The number of rotatable bonds is 3. The Morgan fingerprint density at radius 3 is 2.82 bits per heavy atom. The van der Waals surface area contributed by atoms with E-state index in [0.29, 0.717) is 16.8 Å². The number of fused-ring (bicyclic) bond motifs is 1. The molecule has 0 amide bonds. The average Bonchev–Trinajstić information content (AvgIpc) is 2.57. The van der Waals surface area contributed by atoms with Crippen LogP contribution in [-0.2, 0) is 0 Å². The molecule has 0 saturated carbocycles. The molecule has 2 rings (SSSR count). The van der Waals surface area contributed by atoms with E-state index in [9.17, 15) is 9.90 Å². The first-order valence-corrected chi connectivity index (χ1v) is 6.12. The average molecular weight is 254 g/mol. The minimum Gasteiger partial charge on any atom is -0.408 e. The predicted octanol–water partition coefficient (Wildman–Crippen LogP) is 1.56. The Labute approximate surface area is 102 Å². The third-order valence-electron chi connectivity index (χ3n) is 2.54. The molecule has 0 aliphatic rings. The summed E-state index contributed by atoms with van der Waals surface area (Å²) in [6, 6.07) is 3.38. The van der Waals surface area contributed by atoms with E-state index in [1.165, 1.54) is 11.8 Å². The monoisotopic (exact) mass is 254 g/mol. The first-order chi connectivity index (χ1) is 7.97. The number of thioether (sulfide) groups is 1. The lowest BCUT2D eigenvalue weighted by Crippen LogP contribution is -2.15. The normalized spacial score (nSPS) is 15.0. The number of nitrogens with one attached hydrogen (secondary N) is 1. The molecule has 6 heteroatoms. The second kappa shape index (κ2) is 4.46. The SMILES string of the molecule is CC(O)C(C)Sc1cc2[nH]c(=O)oc2cc1N. The fourth-order valence-electron chi connectivity index (χ4n) is 1.39. The maximum absolute atomic E-state index is 11.0. The van der Waals surface area contributed by atoms with Gasteiger partial charge in [0.2, 0.25) is 0 Å². The van der Waals surface area contributed by atoms with Gasteiger partial charge in [0.15, 0.2) is 5.58 Å². The summed E-state index contributed by atoms with van der Waals surface area (Å²) in [7, 11) is 0. The molecule has 0 bridgehead atoms. The lowest BCUT2D eigenvalue weighted by molar-refractivity contribution is 0.196. The minimum atomic E-state index is -0.495. The number of aliphatic hydroxyl groups excluding tert-OH is 1. The Morgan fingerprint density at radius 1 is 1.47 bits per heavy atom. The molecule has 0 saturated heterocycles. The number of hydrogen-bond acceptors (Lipinski definition) is 5. The number of aliphatic hydroxyl groups is 1. The summed E-state index contributed by atoms with van der Waals surface area (Å²) in [5, 5.41) is 9.47. The fraction of sp³-hybridized carbons (Fsp3) is 0.364. The summed E-state index contributed by atoms with van der Waals surface area (Å²) in [4.78, 5) is 14.4. The van der Waals surface area contributed by atoms with Crippen LogP contribution in [0.15, 0.2) is 26.2 Å². The Balaban J connectivity index is 2.40. The highest BCUT2D eigenvalue weighted by Gasteiger charge is 2.14. The first kappa shape index (κ1) is 12.1. The van der Waals surface area contributed by atoms with Crippen LogP contribution >= 0.6 is 11.8 Å². The van der Waals surface area contributed by atoms with Crippen molar-refractivity contribution in [3.05, 3.63) is 22.7 Å². The van der Waals surface area contributed by atoms with Gasteiger partial charge in [0.25, 0.3) is 0 Å². The highest BCUT2D eigenvalue weighted by molar-refractivity contribution is 8.00. The van der Waals surface area contributed by atoms with Crippen molar-refractivity contribution >= 4 is 28.5 Å². The minimum absolute atomic E-state index is 0.0216. The summed E-state index contributed by atoms with van der Waals surface area (Å²) in [6.45, 7) is 3.64. The zero-order valence-corrected chi connectivity index (χ0v) is 10.4. The number of nitrogens with two attached hydrogens (primary N) is 1. The molecule has 0 aliphatic heterocycles. The van der Waals surface area contributed by atoms with Gasteiger partial charge in [-0.15, -0.1) is 11.8 Å². The van der Waals surface area contributed by atoms with Gasteiger partial charge in [-0.05, 0) is 13.0 Å². The third kappa shape index (κ3) is 2.48. The Bertz CT molecular complexity index is 588. The zero-order chi connectivity index (χ0) is 12.6. The van der Waals surface area contributed by atoms with Gasteiger partial charge in [0, 0.05) is 21.9 Å².